The second-order valence-electron chi connectivity index (χ2n) is 3.11. The molecule has 1 aliphatic carbocycles. The Balaban J connectivity index is 2.62. The molecule has 0 atom stereocenters. The maximum absolute atomic E-state index is 11.1. The highest BCUT2D eigenvalue weighted by atomic mass is 16.6. The molecule has 2 aromatic rings. The van der Waals surface area contributed by atoms with Crippen LogP contribution in [0, 0.1) is 10.1 Å². The predicted octanol–water partition coefficient (Wildman–Crippen LogP) is 3.17. The van der Waals surface area contributed by atoms with E-state index in [4.69, 9.17) is 12.3 Å². The van der Waals surface area contributed by atoms with Crippen LogP contribution in [0.1, 0.15) is 23.5 Å². The van der Waals surface area contributed by atoms with E-state index in [0.29, 0.717) is 0 Å². The predicted molar refractivity (Wildman–Crippen MR) is 61.3 cm³/mol. The smallest absolute Gasteiger partial charge is 0.258 e. The van der Waals surface area contributed by atoms with Gasteiger partial charge in [-0.05, 0) is 34.7 Å². The van der Waals surface area contributed by atoms with Crippen LogP contribution in [0.4, 0.5) is 5.69 Å². The van der Waals surface area contributed by atoms with Crippen molar-refractivity contribution in [3.63, 3.8) is 0 Å². The molecule has 0 amide bonds. The zero-order valence-corrected chi connectivity index (χ0v) is 7.76. The van der Waals surface area contributed by atoms with E-state index >= 15 is 0 Å². The summed E-state index contributed by atoms with van der Waals surface area (Å²) in [5.74, 6) is 0. The van der Waals surface area contributed by atoms with Gasteiger partial charge in [-0.3, -0.25) is 10.1 Å². The molecule has 0 radical (unpaired) electrons. The van der Waals surface area contributed by atoms with Crippen molar-refractivity contribution in [2.75, 3.05) is 0 Å². The number of nitro benzene ring substituents is 1. The van der Waals surface area contributed by atoms with Crippen LogP contribution in [0.3, 0.4) is 0 Å². The lowest BCUT2D eigenvalue weighted by Crippen LogP contribution is -1.89. The molecule has 78 valence electrons. The molecule has 0 aromatic heterocycles. The van der Waals surface area contributed by atoms with Crippen LogP contribution in [0.25, 0.3) is 11.1 Å². The first-order valence-electron chi connectivity index (χ1n) is 8.84. The highest BCUT2D eigenvalue weighted by molar-refractivity contribution is 5.77. The number of benzene rings is 2. The molecule has 3 rings (SSSR count). The van der Waals surface area contributed by atoms with Crippen molar-refractivity contribution in [3.05, 3.63) is 63.5 Å². The molecule has 3 heteroatoms. The minimum absolute atomic E-state index is 0.326. The summed E-state index contributed by atoms with van der Waals surface area (Å²) in [5.41, 5.74) is -2.78. The van der Waals surface area contributed by atoms with Crippen molar-refractivity contribution in [1.82, 2.24) is 0 Å². The summed E-state index contributed by atoms with van der Waals surface area (Å²) in [5, 5.41) is 11.1. The third-order valence-electron chi connectivity index (χ3n) is 2.17. The van der Waals surface area contributed by atoms with Crippen LogP contribution in [0.2, 0.25) is 0 Å². The third kappa shape index (κ3) is 1.21. The van der Waals surface area contributed by atoms with Gasteiger partial charge in [0.25, 0.3) is 5.69 Å². The van der Waals surface area contributed by atoms with Gasteiger partial charge in [0.05, 0.1) is 14.5 Å². The van der Waals surface area contributed by atoms with Crippen LogP contribution < -0.4 is 0 Å². The molecular weight excluding hydrogens is 202 g/mol. The normalized spacial score (nSPS) is 23.1. The van der Waals surface area contributed by atoms with E-state index in [-0.39, 0.29) is 11.1 Å². The van der Waals surface area contributed by atoms with Crippen LogP contribution in [-0.2, 0) is 6.37 Å². The lowest BCUT2D eigenvalue weighted by molar-refractivity contribution is -0.384. The van der Waals surface area contributed by atoms with Crippen LogP contribution >= 0.6 is 0 Å². The second-order valence-corrected chi connectivity index (χ2v) is 3.11. The Morgan fingerprint density at radius 2 is 1.94 bits per heavy atom. The number of hydrogen-bond donors (Lipinski definition) is 0. The summed E-state index contributed by atoms with van der Waals surface area (Å²) < 4.78 is 71.6. The average molecular weight is 220 g/mol. The quantitative estimate of drug-likeness (QED) is 0.547. The summed E-state index contributed by atoms with van der Waals surface area (Å²) in [6, 6.07) is -5.17. The second kappa shape index (κ2) is 3.17. The summed E-state index contributed by atoms with van der Waals surface area (Å²) in [6.07, 6.45) is -2.63. The first kappa shape index (κ1) is 3.70. The molecule has 0 N–H and O–H groups in total. The Morgan fingerprint density at radius 1 is 1.19 bits per heavy atom. The van der Waals surface area contributed by atoms with Gasteiger partial charge in [0.2, 0.25) is 0 Å². The molecule has 0 spiro atoms. The van der Waals surface area contributed by atoms with Gasteiger partial charge >= 0.3 is 0 Å². The van der Waals surface area contributed by atoms with Gasteiger partial charge in [-0.2, -0.15) is 0 Å². The number of fused-ring (bicyclic) bond motifs is 3. The monoisotopic (exact) mass is 220 g/mol. The van der Waals surface area contributed by atoms with Crippen molar-refractivity contribution in [3.8, 4) is 11.1 Å². The Kier molecular flexibility index (Phi) is 0.732. The van der Waals surface area contributed by atoms with Gasteiger partial charge in [-0.1, -0.05) is 24.2 Å². The van der Waals surface area contributed by atoms with E-state index in [9.17, 15) is 10.1 Å². The van der Waals surface area contributed by atoms with Gasteiger partial charge < -0.3 is 0 Å². The molecule has 0 aliphatic heterocycles. The largest absolute Gasteiger partial charge is 0.269 e. The number of nitro groups is 1. The van der Waals surface area contributed by atoms with E-state index < -0.39 is 70.4 Å². The number of hydrogen-bond acceptors (Lipinski definition) is 2. The molecule has 2 aromatic carbocycles. The number of nitrogens with zero attached hydrogens (tertiary/aromatic N) is 1. The Morgan fingerprint density at radius 3 is 2.75 bits per heavy atom. The third-order valence-corrected chi connectivity index (χ3v) is 2.17. The van der Waals surface area contributed by atoms with Crippen molar-refractivity contribution < 1.29 is 17.3 Å². The van der Waals surface area contributed by atoms with Gasteiger partial charge in [0.15, 0.2) is 0 Å². The van der Waals surface area contributed by atoms with Gasteiger partial charge in [-0.25, -0.2) is 0 Å². The first-order chi connectivity index (χ1) is 11.4. The average Bonchev–Trinajstić information content (AvgIpc) is 2.76. The fourth-order valence-electron chi connectivity index (χ4n) is 1.49. The van der Waals surface area contributed by atoms with Gasteiger partial charge in [0.1, 0.15) is 0 Å². The Labute approximate surface area is 105 Å². The Hall–Kier alpha value is -2.16. The highest BCUT2D eigenvalue weighted by Crippen LogP contribution is 2.37. The molecule has 0 fully saturated rings. The molecule has 16 heavy (non-hydrogen) atoms. The maximum atomic E-state index is 11.1. The van der Waals surface area contributed by atoms with E-state index in [0.717, 1.165) is 0 Å². The molecule has 1 aliphatic rings. The zero-order valence-electron chi connectivity index (χ0n) is 16.8. The molecule has 0 saturated heterocycles. The van der Waals surface area contributed by atoms with Crippen LogP contribution in [-0.4, -0.2) is 4.92 Å². The van der Waals surface area contributed by atoms with Gasteiger partial charge in [-0.15, -0.1) is 0 Å². The topological polar surface area (TPSA) is 43.1 Å². The molecule has 0 bridgehead atoms. The molecule has 0 heterocycles. The first-order valence-corrected chi connectivity index (χ1v) is 4.34. The standard InChI is InChI=1S/C13H9NO2/c15-14(16)11-5-6-13-10(8-11)7-9-3-1-2-4-12(9)13/h1-6,8H,7H2/i1D,2D,3D,4D,5D,6D,7D2,8D. The summed E-state index contributed by atoms with van der Waals surface area (Å²) in [4.78, 5) is 10.1. The SMILES string of the molecule is [2H]c1c([2H])c([2H])c2c(c1[2H])-c1c([2H])c([2H])c([N+](=O)[O-])c([2H])c1C2([2H])[2H]. The van der Waals surface area contributed by atoms with Crippen molar-refractivity contribution in [2.24, 2.45) is 0 Å². The number of rotatable bonds is 1. The highest BCUT2D eigenvalue weighted by Gasteiger charge is 2.20. The van der Waals surface area contributed by atoms with Crippen LogP contribution in [0.5, 0.6) is 0 Å². The summed E-state index contributed by atoms with van der Waals surface area (Å²) in [6.45, 7) is 0. The van der Waals surface area contributed by atoms with Crippen LogP contribution in [0.15, 0.2) is 42.3 Å². The van der Waals surface area contributed by atoms with E-state index in [1.54, 1.807) is 0 Å². The van der Waals surface area contributed by atoms with Crippen molar-refractivity contribution in [1.29, 1.82) is 0 Å². The summed E-state index contributed by atoms with van der Waals surface area (Å²) >= 11 is 0. The lowest BCUT2D eigenvalue weighted by atomic mass is 10.1. The molecule has 3 nitrogen and oxygen atoms in total. The summed E-state index contributed by atoms with van der Waals surface area (Å²) in [7, 11) is 0. The fraction of sp³-hybridized carbons (Fsp3) is 0.0769. The molecular formula is C13H9NO2. The minimum Gasteiger partial charge on any atom is -0.258 e. The maximum Gasteiger partial charge on any atom is 0.269 e. The van der Waals surface area contributed by atoms with E-state index in [1.165, 1.54) is 0 Å². The fourth-order valence-corrected chi connectivity index (χ4v) is 1.49. The molecule has 0 unspecified atom stereocenters. The zero-order chi connectivity index (χ0) is 19.0. The molecule has 0 saturated carbocycles. The van der Waals surface area contributed by atoms with Gasteiger partial charge in [0, 0.05) is 14.8 Å². The van der Waals surface area contributed by atoms with Crippen molar-refractivity contribution in [2.45, 2.75) is 6.37 Å². The lowest BCUT2D eigenvalue weighted by Gasteiger charge is -1.99. The van der Waals surface area contributed by atoms with E-state index in [1.807, 2.05) is 0 Å². The minimum atomic E-state index is -2.63. The van der Waals surface area contributed by atoms with Crippen molar-refractivity contribution >= 4 is 5.69 Å². The van der Waals surface area contributed by atoms with E-state index in [2.05, 4.69) is 0 Å². The Bertz CT molecular complexity index is 987.